The van der Waals surface area contributed by atoms with Crippen LogP contribution in [0.2, 0.25) is 0 Å². The molecule has 0 bridgehead atoms. The molecule has 1 aliphatic rings. The number of para-hydroxylation sites is 1. The Labute approximate surface area is 139 Å². The molecule has 0 radical (unpaired) electrons. The second-order valence-electron chi connectivity index (χ2n) is 5.93. The Balaban J connectivity index is 1.83. The van der Waals surface area contributed by atoms with Crippen LogP contribution in [0.3, 0.4) is 0 Å². The number of hydrogen-bond donors (Lipinski definition) is 0. The number of fused-ring (bicyclic) bond motifs is 3. The predicted molar refractivity (Wildman–Crippen MR) is 94.1 cm³/mol. The van der Waals surface area contributed by atoms with Gasteiger partial charge in [-0.05, 0) is 23.3 Å². The fourth-order valence-corrected chi connectivity index (χ4v) is 3.17. The van der Waals surface area contributed by atoms with Crippen LogP contribution in [0.25, 0.3) is 11.1 Å². The summed E-state index contributed by atoms with van der Waals surface area (Å²) in [6, 6.07) is 19.1. The Morgan fingerprint density at radius 3 is 2.42 bits per heavy atom. The quantitative estimate of drug-likeness (QED) is 0.692. The summed E-state index contributed by atoms with van der Waals surface area (Å²) < 4.78 is 1.43. The zero-order valence-electron chi connectivity index (χ0n) is 13.3. The highest BCUT2D eigenvalue weighted by Gasteiger charge is 2.26. The minimum absolute atomic E-state index is 0.104. The molecule has 0 saturated heterocycles. The number of hydrogen-bond acceptors (Lipinski definition) is 2. The maximum Gasteiger partial charge on any atom is 0.260 e. The van der Waals surface area contributed by atoms with Gasteiger partial charge in [-0.1, -0.05) is 42.5 Å². The van der Waals surface area contributed by atoms with Gasteiger partial charge in [0.25, 0.3) is 5.91 Å². The highest BCUT2D eigenvalue weighted by Crippen LogP contribution is 2.39. The van der Waals surface area contributed by atoms with Crippen LogP contribution in [0.1, 0.15) is 15.9 Å². The Kier molecular flexibility index (Phi) is 3.31. The van der Waals surface area contributed by atoms with E-state index in [1.807, 2.05) is 42.5 Å². The Hall–Kier alpha value is -3.14. The van der Waals surface area contributed by atoms with Crippen LogP contribution in [0.15, 0.2) is 71.7 Å². The molecule has 0 N–H and O–H groups in total. The van der Waals surface area contributed by atoms with Crippen molar-refractivity contribution in [1.29, 1.82) is 0 Å². The lowest BCUT2D eigenvalue weighted by atomic mass is 9.93. The molecule has 0 aliphatic carbocycles. The summed E-state index contributed by atoms with van der Waals surface area (Å²) in [5.74, 6) is -0.104. The first-order valence-electron chi connectivity index (χ1n) is 7.81. The first-order valence-corrected chi connectivity index (χ1v) is 7.81. The molecule has 1 amide bonds. The summed E-state index contributed by atoms with van der Waals surface area (Å²) in [7, 11) is 1.65. The van der Waals surface area contributed by atoms with E-state index in [9.17, 15) is 9.59 Å². The largest absolute Gasteiger partial charge is 0.318 e. The standard InChI is InChI=1S/C20H16N2O2/c1-21-12-15(10-11-19(21)23)20(24)22-13-14-6-2-3-7-16(14)17-8-4-5-9-18(17)22/h2-12H,13H2,1H3. The van der Waals surface area contributed by atoms with Crippen molar-refractivity contribution in [2.45, 2.75) is 6.54 Å². The molecular formula is C20H16N2O2. The van der Waals surface area contributed by atoms with Crippen LogP contribution in [-0.4, -0.2) is 10.5 Å². The third-order valence-corrected chi connectivity index (χ3v) is 4.41. The van der Waals surface area contributed by atoms with Crippen molar-refractivity contribution in [3.8, 4) is 11.1 Å². The van der Waals surface area contributed by atoms with Crippen molar-refractivity contribution in [1.82, 2.24) is 4.57 Å². The van der Waals surface area contributed by atoms with Gasteiger partial charge in [0.2, 0.25) is 5.56 Å². The van der Waals surface area contributed by atoms with Crippen LogP contribution in [-0.2, 0) is 13.6 Å². The summed E-state index contributed by atoms with van der Waals surface area (Å²) in [6.45, 7) is 0.523. The molecule has 0 fully saturated rings. The summed E-state index contributed by atoms with van der Waals surface area (Å²) in [4.78, 5) is 26.4. The first kappa shape index (κ1) is 14.5. The van der Waals surface area contributed by atoms with Gasteiger partial charge in [0, 0.05) is 24.9 Å². The third kappa shape index (κ3) is 2.24. The molecule has 1 aliphatic heterocycles. The highest BCUT2D eigenvalue weighted by molar-refractivity contribution is 6.09. The van der Waals surface area contributed by atoms with Gasteiger partial charge in [-0.2, -0.15) is 0 Å². The van der Waals surface area contributed by atoms with Crippen LogP contribution in [0.4, 0.5) is 5.69 Å². The van der Waals surface area contributed by atoms with Crippen molar-refractivity contribution in [3.63, 3.8) is 0 Å². The maximum absolute atomic E-state index is 13.0. The van der Waals surface area contributed by atoms with Crippen LogP contribution >= 0.6 is 0 Å². The number of aromatic nitrogens is 1. The van der Waals surface area contributed by atoms with Gasteiger partial charge in [0.05, 0.1) is 17.8 Å². The van der Waals surface area contributed by atoms with Crippen molar-refractivity contribution in [2.24, 2.45) is 7.05 Å². The summed E-state index contributed by atoms with van der Waals surface area (Å²) >= 11 is 0. The fraction of sp³-hybridized carbons (Fsp3) is 0.100. The predicted octanol–water partition coefficient (Wildman–Crippen LogP) is 3.21. The lowest BCUT2D eigenvalue weighted by Gasteiger charge is -2.31. The SMILES string of the molecule is Cn1cc(C(=O)N2Cc3ccccc3-c3ccccc32)ccc1=O. The number of anilines is 1. The molecule has 24 heavy (non-hydrogen) atoms. The Bertz CT molecular complexity index is 1000. The number of pyridine rings is 1. The van der Waals surface area contributed by atoms with E-state index in [1.54, 1.807) is 24.2 Å². The summed E-state index contributed by atoms with van der Waals surface area (Å²) in [6.07, 6.45) is 1.59. The molecule has 4 heteroatoms. The molecule has 4 nitrogen and oxygen atoms in total. The van der Waals surface area contributed by atoms with E-state index in [0.717, 1.165) is 22.4 Å². The molecule has 0 spiro atoms. The van der Waals surface area contributed by atoms with E-state index < -0.39 is 0 Å². The normalized spacial score (nSPS) is 12.5. The van der Waals surface area contributed by atoms with Gasteiger partial charge in [0.15, 0.2) is 0 Å². The van der Waals surface area contributed by atoms with Gasteiger partial charge >= 0.3 is 0 Å². The zero-order chi connectivity index (χ0) is 16.7. The van der Waals surface area contributed by atoms with Crippen LogP contribution in [0.5, 0.6) is 0 Å². The topological polar surface area (TPSA) is 42.3 Å². The first-order chi connectivity index (χ1) is 11.6. The number of amides is 1. The average molecular weight is 316 g/mol. The van der Waals surface area contributed by atoms with Gasteiger partial charge in [-0.3, -0.25) is 9.59 Å². The number of carbonyl (C=O) groups excluding carboxylic acids is 1. The molecule has 0 unspecified atom stereocenters. The maximum atomic E-state index is 13.0. The summed E-state index contributed by atoms with van der Waals surface area (Å²) in [5.41, 5.74) is 4.61. The molecule has 2 heterocycles. The molecule has 0 saturated carbocycles. The highest BCUT2D eigenvalue weighted by atomic mass is 16.2. The van der Waals surface area contributed by atoms with E-state index >= 15 is 0 Å². The number of benzene rings is 2. The van der Waals surface area contributed by atoms with E-state index in [-0.39, 0.29) is 11.5 Å². The molecule has 1 aromatic heterocycles. The van der Waals surface area contributed by atoms with Gasteiger partial charge in [-0.25, -0.2) is 0 Å². The zero-order valence-corrected chi connectivity index (χ0v) is 13.3. The van der Waals surface area contributed by atoms with E-state index in [4.69, 9.17) is 0 Å². The second-order valence-corrected chi connectivity index (χ2v) is 5.93. The fourth-order valence-electron chi connectivity index (χ4n) is 3.17. The van der Waals surface area contributed by atoms with Crippen LogP contribution < -0.4 is 10.5 Å². The molecule has 0 atom stereocenters. The molecule has 4 rings (SSSR count). The second kappa shape index (κ2) is 5.49. The molecule has 3 aromatic rings. The third-order valence-electron chi connectivity index (χ3n) is 4.41. The Morgan fingerprint density at radius 2 is 1.62 bits per heavy atom. The number of carbonyl (C=O) groups is 1. The van der Waals surface area contributed by atoms with Gasteiger partial charge in [0.1, 0.15) is 0 Å². The lowest BCUT2D eigenvalue weighted by Crippen LogP contribution is -2.34. The van der Waals surface area contributed by atoms with Crippen molar-refractivity contribution >= 4 is 11.6 Å². The number of nitrogens with zero attached hydrogens (tertiary/aromatic N) is 2. The lowest BCUT2D eigenvalue weighted by molar-refractivity contribution is 0.0984. The van der Waals surface area contributed by atoms with E-state index in [1.165, 1.54) is 10.6 Å². The van der Waals surface area contributed by atoms with Crippen LogP contribution in [0, 0.1) is 0 Å². The van der Waals surface area contributed by atoms with Crippen molar-refractivity contribution < 1.29 is 4.79 Å². The summed E-state index contributed by atoms with van der Waals surface area (Å²) in [5, 5.41) is 0. The van der Waals surface area contributed by atoms with E-state index in [0.29, 0.717) is 12.1 Å². The smallest absolute Gasteiger partial charge is 0.260 e. The average Bonchev–Trinajstić information content (AvgIpc) is 2.63. The van der Waals surface area contributed by atoms with Crippen molar-refractivity contribution in [2.75, 3.05) is 4.90 Å². The number of aryl methyl sites for hydroxylation is 1. The van der Waals surface area contributed by atoms with Crippen molar-refractivity contribution in [3.05, 3.63) is 88.3 Å². The Morgan fingerprint density at radius 1 is 0.917 bits per heavy atom. The minimum Gasteiger partial charge on any atom is -0.318 e. The van der Waals surface area contributed by atoms with E-state index in [2.05, 4.69) is 6.07 Å². The van der Waals surface area contributed by atoms with Gasteiger partial charge in [-0.15, -0.1) is 0 Å². The molecule has 2 aromatic carbocycles. The monoisotopic (exact) mass is 316 g/mol. The molecular weight excluding hydrogens is 300 g/mol. The van der Waals surface area contributed by atoms with Gasteiger partial charge < -0.3 is 9.47 Å². The minimum atomic E-state index is -0.129. The number of rotatable bonds is 1. The molecule has 118 valence electrons.